The Labute approximate surface area is 154 Å². The van der Waals surface area contributed by atoms with E-state index in [4.69, 9.17) is 16.0 Å². The summed E-state index contributed by atoms with van der Waals surface area (Å²) in [5.74, 6) is -0.0323. The Kier molecular flexibility index (Phi) is 5.48. The van der Waals surface area contributed by atoms with Gasteiger partial charge in [0.05, 0.1) is 49.1 Å². The number of halogens is 2. The Hall–Kier alpha value is -1.50. The summed E-state index contributed by atoms with van der Waals surface area (Å²) in [5, 5.41) is 3.56. The lowest BCUT2D eigenvalue weighted by molar-refractivity contribution is -0.898. The largest absolute Gasteiger partial charge is 0.444 e. The fourth-order valence-electron chi connectivity index (χ4n) is 2.96. The number of nitrogens with zero attached hydrogens (tertiary/aromatic N) is 1. The fourth-order valence-corrected chi connectivity index (χ4v) is 3.56. The topological polar surface area (TPSA) is 49.9 Å². The molecule has 0 spiro atoms. The molecule has 1 aromatic heterocycles. The number of rotatable bonds is 4. The first-order valence-corrected chi connectivity index (χ1v) is 9.19. The van der Waals surface area contributed by atoms with Gasteiger partial charge < -0.3 is 19.5 Å². The maximum atomic E-state index is 12.4. The normalized spacial score (nSPS) is 15.5. The molecule has 1 fully saturated rings. The highest BCUT2D eigenvalue weighted by Crippen LogP contribution is 2.34. The van der Waals surface area contributed by atoms with E-state index in [1.165, 1.54) is 0 Å². The number of nitrogens with one attached hydrogen (secondary N) is 2. The molecule has 0 radical (unpaired) electrons. The zero-order valence-electron chi connectivity index (χ0n) is 13.4. The van der Waals surface area contributed by atoms with Crippen molar-refractivity contribution in [1.82, 2.24) is 0 Å². The molecule has 2 aromatic rings. The third-order valence-electron chi connectivity index (χ3n) is 4.32. The summed E-state index contributed by atoms with van der Waals surface area (Å²) in [6, 6.07) is 8.89. The number of para-hydroxylation sites is 1. The first-order chi connectivity index (χ1) is 11.6. The molecule has 0 aliphatic carbocycles. The second kappa shape index (κ2) is 7.59. The molecule has 1 aromatic carbocycles. The van der Waals surface area contributed by atoms with Gasteiger partial charge in [-0.3, -0.25) is 4.79 Å². The summed E-state index contributed by atoms with van der Waals surface area (Å²) in [6.07, 6.45) is 0. The standard InChI is InChI=1S/C17H19BrClN3O2/c1-2-21-8-10-22(11-9-21)16-12(19)4-3-5-13(16)20-17(23)14-6-7-15(18)24-14/h3-7H,2,8-11H2,1H3,(H,20,23)/p+1. The first-order valence-electron chi connectivity index (χ1n) is 8.02. The minimum absolute atomic E-state index is 0.257. The van der Waals surface area contributed by atoms with Crippen molar-refractivity contribution >= 4 is 44.8 Å². The zero-order chi connectivity index (χ0) is 17.1. The molecular formula is C17H20BrClN3O2+. The molecule has 0 saturated carbocycles. The molecule has 2 heterocycles. The van der Waals surface area contributed by atoms with Crippen LogP contribution in [-0.4, -0.2) is 38.6 Å². The lowest BCUT2D eigenvalue weighted by Gasteiger charge is -2.34. The number of benzene rings is 1. The van der Waals surface area contributed by atoms with E-state index in [0.717, 1.165) is 38.4 Å². The fraction of sp³-hybridized carbons (Fsp3) is 0.353. The molecule has 1 aliphatic rings. The van der Waals surface area contributed by atoms with Crippen LogP contribution in [0.3, 0.4) is 0 Å². The monoisotopic (exact) mass is 412 g/mol. The van der Waals surface area contributed by atoms with Gasteiger partial charge in [-0.15, -0.1) is 0 Å². The smallest absolute Gasteiger partial charge is 0.291 e. The van der Waals surface area contributed by atoms with E-state index in [1.807, 2.05) is 18.2 Å². The van der Waals surface area contributed by atoms with Gasteiger partial charge in [0.15, 0.2) is 10.4 Å². The van der Waals surface area contributed by atoms with Crippen molar-refractivity contribution in [3.63, 3.8) is 0 Å². The predicted molar refractivity (Wildman–Crippen MR) is 99.3 cm³/mol. The van der Waals surface area contributed by atoms with Crippen molar-refractivity contribution in [3.05, 3.63) is 45.8 Å². The highest BCUT2D eigenvalue weighted by Gasteiger charge is 2.23. The zero-order valence-corrected chi connectivity index (χ0v) is 15.8. The van der Waals surface area contributed by atoms with Gasteiger partial charge >= 0.3 is 0 Å². The minimum atomic E-state index is -0.290. The second-order valence-electron chi connectivity index (χ2n) is 5.78. The van der Waals surface area contributed by atoms with E-state index in [-0.39, 0.29) is 11.7 Å². The Morgan fingerprint density at radius 1 is 1.33 bits per heavy atom. The van der Waals surface area contributed by atoms with Crippen LogP contribution in [0.15, 0.2) is 39.4 Å². The lowest BCUT2D eigenvalue weighted by atomic mass is 10.2. The van der Waals surface area contributed by atoms with Gasteiger partial charge in [0, 0.05) is 0 Å². The summed E-state index contributed by atoms with van der Waals surface area (Å²) in [7, 11) is 0. The average Bonchev–Trinajstić information content (AvgIpc) is 3.02. The van der Waals surface area contributed by atoms with Crippen molar-refractivity contribution in [2.45, 2.75) is 6.92 Å². The minimum Gasteiger partial charge on any atom is -0.444 e. The van der Waals surface area contributed by atoms with Gasteiger partial charge in [0.2, 0.25) is 0 Å². The van der Waals surface area contributed by atoms with E-state index >= 15 is 0 Å². The molecule has 2 N–H and O–H groups in total. The summed E-state index contributed by atoms with van der Waals surface area (Å²) in [6.45, 7) is 7.31. The third kappa shape index (κ3) is 3.77. The maximum absolute atomic E-state index is 12.4. The number of hydrogen-bond donors (Lipinski definition) is 2. The number of likely N-dealkylation sites (N-methyl/N-ethyl adjacent to an activating group) is 1. The van der Waals surface area contributed by atoms with Crippen molar-refractivity contribution in [2.24, 2.45) is 0 Å². The third-order valence-corrected chi connectivity index (χ3v) is 5.05. The van der Waals surface area contributed by atoms with Crippen molar-refractivity contribution < 1.29 is 14.1 Å². The molecule has 0 atom stereocenters. The number of piperazine rings is 1. The first kappa shape index (κ1) is 17.3. The molecule has 1 aliphatic heterocycles. The van der Waals surface area contributed by atoms with E-state index in [2.05, 4.69) is 33.1 Å². The van der Waals surface area contributed by atoms with Gasteiger partial charge in [-0.05, 0) is 47.1 Å². The Morgan fingerprint density at radius 3 is 2.71 bits per heavy atom. The Balaban J connectivity index is 1.81. The maximum Gasteiger partial charge on any atom is 0.291 e. The highest BCUT2D eigenvalue weighted by atomic mass is 79.9. The van der Waals surface area contributed by atoms with Crippen LogP contribution in [-0.2, 0) is 0 Å². The Morgan fingerprint density at radius 2 is 2.08 bits per heavy atom. The second-order valence-corrected chi connectivity index (χ2v) is 6.97. The van der Waals surface area contributed by atoms with Crippen LogP contribution in [0.2, 0.25) is 5.02 Å². The number of hydrogen-bond acceptors (Lipinski definition) is 3. The van der Waals surface area contributed by atoms with Crippen LogP contribution < -0.4 is 15.1 Å². The van der Waals surface area contributed by atoms with E-state index < -0.39 is 0 Å². The van der Waals surface area contributed by atoms with Crippen LogP contribution in [0.25, 0.3) is 0 Å². The number of furan rings is 1. The molecule has 5 nitrogen and oxygen atoms in total. The number of amides is 1. The van der Waals surface area contributed by atoms with Crippen molar-refractivity contribution in [3.8, 4) is 0 Å². The molecule has 0 unspecified atom stereocenters. The number of carbonyl (C=O) groups excluding carboxylic acids is 1. The van der Waals surface area contributed by atoms with Gasteiger partial charge in [0.1, 0.15) is 0 Å². The molecule has 0 bridgehead atoms. The van der Waals surface area contributed by atoms with E-state index in [0.29, 0.717) is 15.4 Å². The average molecular weight is 414 g/mol. The number of quaternary nitrogens is 1. The number of carbonyl (C=O) groups is 1. The molecular weight excluding hydrogens is 394 g/mol. The summed E-state index contributed by atoms with van der Waals surface area (Å²) < 4.78 is 5.84. The molecule has 128 valence electrons. The highest BCUT2D eigenvalue weighted by molar-refractivity contribution is 9.10. The van der Waals surface area contributed by atoms with Gasteiger partial charge in [-0.1, -0.05) is 17.7 Å². The van der Waals surface area contributed by atoms with Crippen LogP contribution >= 0.6 is 27.5 Å². The summed E-state index contributed by atoms with van der Waals surface area (Å²) in [5.41, 5.74) is 1.59. The van der Waals surface area contributed by atoms with Crippen LogP contribution in [0.5, 0.6) is 0 Å². The van der Waals surface area contributed by atoms with Crippen LogP contribution in [0, 0.1) is 0 Å². The van der Waals surface area contributed by atoms with Gasteiger partial charge in [-0.2, -0.15) is 0 Å². The Bertz CT molecular complexity index is 726. The SMILES string of the molecule is CC[NH+]1CCN(c2c(Cl)cccc2NC(=O)c2ccc(Br)o2)CC1. The molecule has 1 saturated heterocycles. The summed E-state index contributed by atoms with van der Waals surface area (Å²) >= 11 is 9.64. The van der Waals surface area contributed by atoms with E-state index in [9.17, 15) is 4.79 Å². The summed E-state index contributed by atoms with van der Waals surface area (Å²) in [4.78, 5) is 16.2. The molecule has 7 heteroatoms. The van der Waals surface area contributed by atoms with Crippen molar-refractivity contribution in [2.75, 3.05) is 42.9 Å². The van der Waals surface area contributed by atoms with Crippen LogP contribution in [0.4, 0.5) is 11.4 Å². The number of anilines is 2. The molecule has 3 rings (SSSR count). The van der Waals surface area contributed by atoms with Gasteiger partial charge in [-0.25, -0.2) is 0 Å². The van der Waals surface area contributed by atoms with E-state index in [1.54, 1.807) is 17.0 Å². The van der Waals surface area contributed by atoms with Crippen molar-refractivity contribution in [1.29, 1.82) is 0 Å². The molecule has 24 heavy (non-hydrogen) atoms. The molecule has 1 amide bonds. The lowest BCUT2D eigenvalue weighted by Crippen LogP contribution is -3.14. The predicted octanol–water partition coefficient (Wildman–Crippen LogP) is 2.67. The quantitative estimate of drug-likeness (QED) is 0.810. The van der Waals surface area contributed by atoms with Crippen LogP contribution in [0.1, 0.15) is 17.5 Å². The van der Waals surface area contributed by atoms with Gasteiger partial charge in [0.25, 0.3) is 5.91 Å².